The molecule has 5 nitrogen and oxygen atoms in total. The van der Waals surface area contributed by atoms with Crippen molar-refractivity contribution in [2.75, 3.05) is 14.1 Å². The Morgan fingerprint density at radius 1 is 1.41 bits per heavy atom. The van der Waals surface area contributed by atoms with Gasteiger partial charge in [0.15, 0.2) is 5.69 Å². The summed E-state index contributed by atoms with van der Waals surface area (Å²) in [5.41, 5.74) is 1.05. The maximum atomic E-state index is 11.9. The van der Waals surface area contributed by atoms with Crippen LogP contribution in [0.3, 0.4) is 0 Å². The Morgan fingerprint density at radius 3 is 2.82 bits per heavy atom. The standard InChI is InChI=1S/C11H11N3O2S/c1-14(2)11(16)9-10(17-13-12-9)7-4-3-5-8(15)6-7/h3-6,15H,1-2H3. The molecule has 0 saturated carbocycles. The van der Waals surface area contributed by atoms with Crippen molar-refractivity contribution in [2.45, 2.75) is 0 Å². The summed E-state index contributed by atoms with van der Waals surface area (Å²) in [6.07, 6.45) is 0. The normalized spacial score (nSPS) is 10.2. The maximum Gasteiger partial charge on any atom is 0.275 e. The molecule has 0 bridgehead atoms. The lowest BCUT2D eigenvalue weighted by Crippen LogP contribution is -2.22. The number of hydrogen-bond acceptors (Lipinski definition) is 5. The first-order valence-corrected chi connectivity index (χ1v) is 5.70. The SMILES string of the molecule is CN(C)C(=O)c1nnsc1-c1cccc(O)c1. The van der Waals surface area contributed by atoms with E-state index in [4.69, 9.17) is 0 Å². The van der Waals surface area contributed by atoms with E-state index < -0.39 is 0 Å². The molecule has 0 saturated heterocycles. The predicted octanol–water partition coefficient (Wildman–Crippen LogP) is 1.61. The van der Waals surface area contributed by atoms with Crippen LogP contribution in [0, 0.1) is 0 Å². The van der Waals surface area contributed by atoms with Crippen molar-refractivity contribution in [3.63, 3.8) is 0 Å². The molecule has 6 heteroatoms. The quantitative estimate of drug-likeness (QED) is 0.878. The summed E-state index contributed by atoms with van der Waals surface area (Å²) >= 11 is 1.14. The number of aromatic nitrogens is 2. The molecule has 0 aliphatic rings. The van der Waals surface area contributed by atoms with Gasteiger partial charge >= 0.3 is 0 Å². The Kier molecular flexibility index (Phi) is 3.06. The summed E-state index contributed by atoms with van der Waals surface area (Å²) in [6, 6.07) is 6.68. The van der Waals surface area contributed by atoms with Gasteiger partial charge in [-0.15, -0.1) is 5.10 Å². The third kappa shape index (κ3) is 2.26. The minimum Gasteiger partial charge on any atom is -0.508 e. The number of phenols is 1. The first kappa shape index (κ1) is 11.5. The lowest BCUT2D eigenvalue weighted by molar-refractivity contribution is 0.0822. The Labute approximate surface area is 102 Å². The molecule has 0 spiro atoms. The first-order chi connectivity index (χ1) is 8.09. The van der Waals surface area contributed by atoms with Gasteiger partial charge in [0.1, 0.15) is 5.75 Å². The van der Waals surface area contributed by atoms with Crippen LogP contribution < -0.4 is 0 Å². The summed E-state index contributed by atoms with van der Waals surface area (Å²) in [7, 11) is 3.32. The fourth-order valence-corrected chi connectivity index (χ4v) is 2.03. The van der Waals surface area contributed by atoms with Crippen LogP contribution in [-0.4, -0.2) is 39.6 Å². The molecule has 1 aromatic heterocycles. The molecule has 0 fully saturated rings. The number of carbonyl (C=O) groups excluding carboxylic acids is 1. The number of rotatable bonds is 2. The van der Waals surface area contributed by atoms with Crippen LogP contribution in [0.1, 0.15) is 10.5 Å². The van der Waals surface area contributed by atoms with E-state index in [0.29, 0.717) is 10.6 Å². The van der Waals surface area contributed by atoms with Gasteiger partial charge in [0.05, 0.1) is 4.88 Å². The van der Waals surface area contributed by atoms with Gasteiger partial charge in [-0.2, -0.15) is 0 Å². The van der Waals surface area contributed by atoms with Gasteiger partial charge in [-0.25, -0.2) is 0 Å². The fourth-order valence-electron chi connectivity index (χ4n) is 1.38. The molecule has 0 unspecified atom stereocenters. The zero-order valence-electron chi connectivity index (χ0n) is 9.41. The second kappa shape index (κ2) is 4.50. The largest absolute Gasteiger partial charge is 0.508 e. The van der Waals surface area contributed by atoms with Crippen molar-refractivity contribution < 1.29 is 9.90 Å². The minimum absolute atomic E-state index is 0.152. The highest BCUT2D eigenvalue weighted by atomic mass is 32.1. The smallest absolute Gasteiger partial charge is 0.275 e. The summed E-state index contributed by atoms with van der Waals surface area (Å²) in [5.74, 6) is -0.0451. The van der Waals surface area contributed by atoms with Crippen LogP contribution in [0.4, 0.5) is 0 Å². The lowest BCUT2D eigenvalue weighted by atomic mass is 10.1. The van der Waals surface area contributed by atoms with E-state index in [1.54, 1.807) is 38.4 Å². The number of hydrogen-bond donors (Lipinski definition) is 1. The van der Waals surface area contributed by atoms with E-state index in [1.807, 2.05) is 0 Å². The van der Waals surface area contributed by atoms with E-state index >= 15 is 0 Å². The van der Waals surface area contributed by atoms with Gasteiger partial charge in [0.2, 0.25) is 0 Å². The molecule has 88 valence electrons. The van der Waals surface area contributed by atoms with E-state index in [1.165, 1.54) is 4.90 Å². The third-order valence-electron chi connectivity index (χ3n) is 2.21. The maximum absolute atomic E-state index is 11.9. The van der Waals surface area contributed by atoms with Crippen LogP contribution >= 0.6 is 11.5 Å². The number of carbonyl (C=O) groups is 1. The van der Waals surface area contributed by atoms with E-state index in [2.05, 4.69) is 9.59 Å². The highest BCUT2D eigenvalue weighted by molar-refractivity contribution is 7.09. The summed E-state index contributed by atoms with van der Waals surface area (Å²) in [6.45, 7) is 0. The van der Waals surface area contributed by atoms with Crippen molar-refractivity contribution in [3.05, 3.63) is 30.0 Å². The molecule has 2 rings (SSSR count). The zero-order chi connectivity index (χ0) is 12.4. The van der Waals surface area contributed by atoms with Crippen LogP contribution in [0.15, 0.2) is 24.3 Å². The van der Waals surface area contributed by atoms with Crippen LogP contribution in [0.5, 0.6) is 5.75 Å². The van der Waals surface area contributed by atoms with Crippen molar-refractivity contribution in [3.8, 4) is 16.2 Å². The number of phenolic OH excluding ortho intramolecular Hbond substituents is 1. The molecule has 0 radical (unpaired) electrons. The molecule has 1 aromatic carbocycles. The lowest BCUT2D eigenvalue weighted by Gasteiger charge is -2.08. The number of amides is 1. The number of benzene rings is 1. The summed E-state index contributed by atoms with van der Waals surface area (Å²) in [5, 5.41) is 13.3. The van der Waals surface area contributed by atoms with Gasteiger partial charge < -0.3 is 10.0 Å². The van der Waals surface area contributed by atoms with Crippen molar-refractivity contribution >= 4 is 17.4 Å². The third-order valence-corrected chi connectivity index (χ3v) is 2.98. The molecule has 1 N–H and O–H groups in total. The molecule has 17 heavy (non-hydrogen) atoms. The first-order valence-electron chi connectivity index (χ1n) is 4.93. The minimum atomic E-state index is -0.197. The van der Waals surface area contributed by atoms with Crippen LogP contribution in [-0.2, 0) is 0 Å². The molecule has 0 atom stereocenters. The Bertz CT molecular complexity index is 551. The Hall–Kier alpha value is -1.95. The number of nitrogens with zero attached hydrogens (tertiary/aromatic N) is 3. The molecular formula is C11H11N3O2S. The summed E-state index contributed by atoms with van der Waals surface area (Å²) < 4.78 is 3.79. The second-order valence-electron chi connectivity index (χ2n) is 3.70. The van der Waals surface area contributed by atoms with Crippen LogP contribution in [0.25, 0.3) is 10.4 Å². The Balaban J connectivity index is 2.47. The average Bonchev–Trinajstić information content (AvgIpc) is 2.76. The Morgan fingerprint density at radius 2 is 2.18 bits per heavy atom. The van der Waals surface area contributed by atoms with Crippen molar-refractivity contribution in [2.24, 2.45) is 0 Å². The summed E-state index contributed by atoms with van der Waals surface area (Å²) in [4.78, 5) is 14.0. The van der Waals surface area contributed by atoms with Crippen molar-refractivity contribution in [1.29, 1.82) is 0 Å². The van der Waals surface area contributed by atoms with Crippen molar-refractivity contribution in [1.82, 2.24) is 14.5 Å². The van der Waals surface area contributed by atoms with E-state index in [9.17, 15) is 9.90 Å². The second-order valence-corrected chi connectivity index (χ2v) is 4.45. The number of aromatic hydroxyl groups is 1. The molecule has 1 amide bonds. The molecule has 2 aromatic rings. The highest BCUT2D eigenvalue weighted by Gasteiger charge is 2.19. The topological polar surface area (TPSA) is 66.3 Å². The fraction of sp³-hybridized carbons (Fsp3) is 0.182. The van der Waals surface area contributed by atoms with E-state index in [-0.39, 0.29) is 11.7 Å². The molecule has 0 aliphatic heterocycles. The molecule has 1 heterocycles. The zero-order valence-corrected chi connectivity index (χ0v) is 10.2. The average molecular weight is 249 g/mol. The van der Waals surface area contributed by atoms with Gasteiger partial charge in [-0.1, -0.05) is 16.6 Å². The highest BCUT2D eigenvalue weighted by Crippen LogP contribution is 2.28. The van der Waals surface area contributed by atoms with Gasteiger partial charge in [0, 0.05) is 14.1 Å². The monoisotopic (exact) mass is 249 g/mol. The van der Waals surface area contributed by atoms with Gasteiger partial charge in [-0.3, -0.25) is 4.79 Å². The van der Waals surface area contributed by atoms with Crippen LogP contribution in [0.2, 0.25) is 0 Å². The van der Waals surface area contributed by atoms with E-state index in [0.717, 1.165) is 17.1 Å². The molecule has 0 aliphatic carbocycles. The molecular weight excluding hydrogens is 238 g/mol. The van der Waals surface area contributed by atoms with Gasteiger partial charge in [-0.05, 0) is 29.2 Å². The van der Waals surface area contributed by atoms with Gasteiger partial charge in [0.25, 0.3) is 5.91 Å². The predicted molar refractivity (Wildman–Crippen MR) is 65.0 cm³/mol.